The van der Waals surface area contributed by atoms with E-state index < -0.39 is 0 Å². The third-order valence-corrected chi connectivity index (χ3v) is 3.30. The van der Waals surface area contributed by atoms with Crippen LogP contribution in [0.25, 0.3) is 22.4 Å². The molecule has 1 aliphatic rings. The zero-order chi connectivity index (χ0) is 11.1. The van der Waals surface area contributed by atoms with E-state index in [-0.39, 0.29) is 0 Å². The van der Waals surface area contributed by atoms with Crippen molar-refractivity contribution in [2.24, 2.45) is 0 Å². The quantitative estimate of drug-likeness (QED) is 0.685. The molecule has 16 heavy (non-hydrogen) atoms. The molecule has 0 aliphatic heterocycles. The molecule has 78 valence electrons. The van der Waals surface area contributed by atoms with E-state index in [9.17, 15) is 0 Å². The molecule has 0 amide bonds. The van der Waals surface area contributed by atoms with Gasteiger partial charge in [0.05, 0.1) is 0 Å². The lowest BCUT2D eigenvalue weighted by atomic mass is 9.96. The molecule has 1 nitrogen and oxygen atoms in total. The van der Waals surface area contributed by atoms with Crippen LogP contribution in [0.3, 0.4) is 0 Å². The molecule has 1 N–H and O–H groups in total. The summed E-state index contributed by atoms with van der Waals surface area (Å²) in [5, 5.41) is 12.9. The van der Waals surface area contributed by atoms with Crippen molar-refractivity contribution in [2.45, 2.75) is 13.3 Å². The predicted octanol–water partition coefficient (Wildman–Crippen LogP) is 2.21. The molecule has 0 saturated carbocycles. The fourth-order valence-electron chi connectivity index (χ4n) is 2.28. The standard InChI is InChI=1S/C15H13N/c1-10-14-9-12-5-3-2-4-11(12)8-13(14)6-7-15(10)16/h2-6,8-9,16H,7H2,1H3. The molecule has 0 bridgehead atoms. The number of fused-ring (bicyclic) bond motifs is 2. The SMILES string of the molecule is CC1=c2cc3ccccc3cc2=CCC1=N. The summed E-state index contributed by atoms with van der Waals surface area (Å²) >= 11 is 0. The Labute approximate surface area is 94.2 Å². The largest absolute Gasteiger partial charge is 0.305 e. The predicted molar refractivity (Wildman–Crippen MR) is 69.1 cm³/mol. The minimum atomic E-state index is 0.739. The van der Waals surface area contributed by atoms with Gasteiger partial charge in [-0.15, -0.1) is 0 Å². The van der Waals surface area contributed by atoms with E-state index in [0.29, 0.717) is 0 Å². The first kappa shape index (κ1) is 9.34. The van der Waals surface area contributed by atoms with Crippen molar-refractivity contribution >= 4 is 28.1 Å². The highest BCUT2D eigenvalue weighted by Gasteiger charge is 2.06. The first-order chi connectivity index (χ1) is 7.75. The zero-order valence-corrected chi connectivity index (χ0v) is 9.25. The molecular formula is C15H13N. The molecule has 0 heterocycles. The van der Waals surface area contributed by atoms with Crippen LogP contribution in [-0.2, 0) is 0 Å². The Kier molecular flexibility index (Phi) is 1.93. The number of benzene rings is 2. The average molecular weight is 207 g/mol. The van der Waals surface area contributed by atoms with E-state index in [1.807, 2.05) is 6.92 Å². The average Bonchev–Trinajstić information content (AvgIpc) is 2.32. The van der Waals surface area contributed by atoms with Gasteiger partial charge in [0, 0.05) is 12.1 Å². The zero-order valence-electron chi connectivity index (χ0n) is 9.25. The topological polar surface area (TPSA) is 23.9 Å². The highest BCUT2D eigenvalue weighted by Crippen LogP contribution is 2.10. The van der Waals surface area contributed by atoms with E-state index in [4.69, 9.17) is 5.41 Å². The molecule has 0 spiro atoms. The van der Waals surface area contributed by atoms with Crippen LogP contribution < -0.4 is 10.4 Å². The van der Waals surface area contributed by atoms with Crippen LogP contribution in [0.5, 0.6) is 0 Å². The van der Waals surface area contributed by atoms with Crippen molar-refractivity contribution < 1.29 is 0 Å². The summed E-state index contributed by atoms with van der Waals surface area (Å²) < 4.78 is 0. The van der Waals surface area contributed by atoms with Gasteiger partial charge in [-0.05, 0) is 45.8 Å². The van der Waals surface area contributed by atoms with Crippen molar-refractivity contribution in [3.8, 4) is 0 Å². The van der Waals surface area contributed by atoms with Gasteiger partial charge >= 0.3 is 0 Å². The summed E-state index contributed by atoms with van der Waals surface area (Å²) in [7, 11) is 0. The van der Waals surface area contributed by atoms with Crippen molar-refractivity contribution in [2.75, 3.05) is 0 Å². The van der Waals surface area contributed by atoms with Crippen LogP contribution in [0.2, 0.25) is 0 Å². The summed E-state index contributed by atoms with van der Waals surface area (Å²) in [5.74, 6) is 0. The summed E-state index contributed by atoms with van der Waals surface area (Å²) in [6, 6.07) is 12.8. The summed E-state index contributed by atoms with van der Waals surface area (Å²) in [6.45, 7) is 2.04. The molecule has 2 aromatic rings. The van der Waals surface area contributed by atoms with Gasteiger partial charge in [0.25, 0.3) is 0 Å². The fourth-order valence-corrected chi connectivity index (χ4v) is 2.28. The van der Waals surface area contributed by atoms with E-state index in [0.717, 1.165) is 17.7 Å². The van der Waals surface area contributed by atoms with Gasteiger partial charge in [0.1, 0.15) is 0 Å². The Morgan fingerprint density at radius 2 is 1.75 bits per heavy atom. The number of hydrogen-bond donors (Lipinski definition) is 1. The van der Waals surface area contributed by atoms with Crippen LogP contribution in [0.4, 0.5) is 0 Å². The van der Waals surface area contributed by atoms with Crippen molar-refractivity contribution in [1.29, 1.82) is 5.41 Å². The second-order valence-corrected chi connectivity index (χ2v) is 4.30. The fraction of sp³-hybridized carbons (Fsp3) is 0.133. The third kappa shape index (κ3) is 1.28. The maximum atomic E-state index is 7.87. The Hall–Kier alpha value is -1.89. The lowest BCUT2D eigenvalue weighted by Gasteiger charge is -2.09. The smallest absolute Gasteiger partial charge is 0.0387 e. The Morgan fingerprint density at radius 1 is 1.06 bits per heavy atom. The molecule has 0 atom stereocenters. The molecule has 1 aliphatic carbocycles. The van der Waals surface area contributed by atoms with Gasteiger partial charge in [0.2, 0.25) is 0 Å². The van der Waals surface area contributed by atoms with Crippen LogP contribution >= 0.6 is 0 Å². The highest BCUT2D eigenvalue weighted by molar-refractivity contribution is 6.18. The number of rotatable bonds is 0. The maximum absolute atomic E-state index is 7.87. The van der Waals surface area contributed by atoms with Crippen molar-refractivity contribution in [3.05, 3.63) is 46.8 Å². The van der Waals surface area contributed by atoms with E-state index in [1.165, 1.54) is 21.2 Å². The lowest BCUT2D eigenvalue weighted by molar-refractivity contribution is 1.36. The van der Waals surface area contributed by atoms with Gasteiger partial charge < -0.3 is 5.41 Å². The van der Waals surface area contributed by atoms with Crippen LogP contribution in [0.15, 0.2) is 36.4 Å². The monoisotopic (exact) mass is 207 g/mol. The first-order valence-corrected chi connectivity index (χ1v) is 5.53. The van der Waals surface area contributed by atoms with E-state index in [2.05, 4.69) is 42.5 Å². The van der Waals surface area contributed by atoms with Gasteiger partial charge in [-0.2, -0.15) is 0 Å². The van der Waals surface area contributed by atoms with Gasteiger partial charge in [-0.25, -0.2) is 0 Å². The van der Waals surface area contributed by atoms with Crippen molar-refractivity contribution in [1.82, 2.24) is 0 Å². The van der Waals surface area contributed by atoms with Crippen LogP contribution in [0.1, 0.15) is 13.3 Å². The Morgan fingerprint density at radius 3 is 2.50 bits per heavy atom. The summed E-state index contributed by atoms with van der Waals surface area (Å²) in [5.41, 5.74) is 1.85. The van der Waals surface area contributed by atoms with Gasteiger partial charge in [-0.1, -0.05) is 30.3 Å². The van der Waals surface area contributed by atoms with Gasteiger partial charge in [-0.3, -0.25) is 0 Å². The summed E-state index contributed by atoms with van der Waals surface area (Å²) in [6.07, 6.45) is 2.91. The second kappa shape index (κ2) is 3.31. The molecule has 0 saturated heterocycles. The minimum Gasteiger partial charge on any atom is -0.305 e. The number of nitrogens with one attached hydrogen (secondary N) is 1. The van der Waals surface area contributed by atoms with Crippen LogP contribution in [-0.4, -0.2) is 5.71 Å². The molecule has 0 unspecified atom stereocenters. The minimum absolute atomic E-state index is 0.739. The highest BCUT2D eigenvalue weighted by atomic mass is 14.4. The number of hydrogen-bond acceptors (Lipinski definition) is 1. The molecular weight excluding hydrogens is 194 g/mol. The normalized spacial score (nSPS) is 14.8. The second-order valence-electron chi connectivity index (χ2n) is 4.30. The van der Waals surface area contributed by atoms with Gasteiger partial charge in [0.15, 0.2) is 0 Å². The summed E-state index contributed by atoms with van der Waals surface area (Å²) in [4.78, 5) is 0. The van der Waals surface area contributed by atoms with Crippen LogP contribution in [0, 0.1) is 5.41 Å². The molecule has 2 aromatic carbocycles. The molecule has 1 heteroatoms. The Balaban J connectivity index is 2.54. The van der Waals surface area contributed by atoms with E-state index in [1.54, 1.807) is 0 Å². The van der Waals surface area contributed by atoms with Crippen molar-refractivity contribution in [3.63, 3.8) is 0 Å². The third-order valence-electron chi connectivity index (χ3n) is 3.30. The molecule has 0 aromatic heterocycles. The molecule has 0 radical (unpaired) electrons. The van der Waals surface area contributed by atoms with E-state index >= 15 is 0 Å². The maximum Gasteiger partial charge on any atom is 0.0387 e. The Bertz CT molecular complexity index is 708. The first-order valence-electron chi connectivity index (χ1n) is 5.53. The molecule has 3 rings (SSSR count). The lowest BCUT2D eigenvalue weighted by Crippen LogP contribution is -2.31. The molecule has 0 fully saturated rings.